The Labute approximate surface area is 145 Å². The highest BCUT2D eigenvalue weighted by Crippen LogP contribution is 2.27. The third kappa shape index (κ3) is 4.53. The molecule has 0 bridgehead atoms. The van der Waals surface area contributed by atoms with Crippen molar-refractivity contribution in [3.05, 3.63) is 57.6 Å². The maximum Gasteiger partial charge on any atom is 0.319 e. The summed E-state index contributed by atoms with van der Waals surface area (Å²) in [5.41, 5.74) is 2.43. The summed E-state index contributed by atoms with van der Waals surface area (Å²) in [4.78, 5) is 12.2. The van der Waals surface area contributed by atoms with Crippen LogP contribution in [0.1, 0.15) is 24.1 Å². The van der Waals surface area contributed by atoms with Gasteiger partial charge in [-0.3, -0.25) is 0 Å². The number of hydrogen-bond acceptors (Lipinski definition) is 2. The molecule has 2 N–H and O–H groups in total. The number of carbonyl (C=O) groups is 1. The van der Waals surface area contributed by atoms with Gasteiger partial charge in [0.05, 0.1) is 18.8 Å². The molecule has 4 nitrogen and oxygen atoms in total. The first-order valence-corrected chi connectivity index (χ1v) is 7.83. The Bertz CT molecular complexity index is 720. The number of anilines is 1. The lowest BCUT2D eigenvalue weighted by Gasteiger charge is -2.17. The fourth-order valence-electron chi connectivity index (χ4n) is 2.20. The number of ether oxygens (including phenoxy) is 1. The smallest absolute Gasteiger partial charge is 0.319 e. The van der Waals surface area contributed by atoms with E-state index in [0.29, 0.717) is 21.5 Å². The van der Waals surface area contributed by atoms with Gasteiger partial charge in [0.15, 0.2) is 0 Å². The second kappa shape index (κ2) is 7.57. The largest absolute Gasteiger partial charge is 0.495 e. The van der Waals surface area contributed by atoms with Crippen molar-refractivity contribution in [2.45, 2.75) is 19.9 Å². The number of urea groups is 1. The first-order chi connectivity index (χ1) is 10.9. The molecule has 122 valence electrons. The lowest BCUT2D eigenvalue weighted by molar-refractivity contribution is 0.249. The molecule has 1 unspecified atom stereocenters. The highest BCUT2D eigenvalue weighted by molar-refractivity contribution is 6.35. The zero-order valence-electron chi connectivity index (χ0n) is 13.1. The molecule has 0 aromatic heterocycles. The van der Waals surface area contributed by atoms with E-state index in [4.69, 9.17) is 27.9 Å². The van der Waals surface area contributed by atoms with Crippen LogP contribution in [0.25, 0.3) is 0 Å². The molecular formula is C17H18Cl2N2O2. The maximum absolute atomic E-state index is 12.2. The van der Waals surface area contributed by atoms with Crippen molar-refractivity contribution in [1.29, 1.82) is 0 Å². The van der Waals surface area contributed by atoms with E-state index in [1.807, 2.05) is 32.0 Å². The predicted molar refractivity (Wildman–Crippen MR) is 94.8 cm³/mol. The normalized spacial score (nSPS) is 11.7. The minimum Gasteiger partial charge on any atom is -0.495 e. The summed E-state index contributed by atoms with van der Waals surface area (Å²) in [6, 6.07) is 10.1. The number of carbonyl (C=O) groups excluding carboxylic acids is 1. The Kier molecular flexibility index (Phi) is 5.74. The SMILES string of the molecule is COc1ccc(C)cc1NC(=O)NC(C)c1ccc(Cl)cc1Cl. The molecule has 2 rings (SSSR count). The molecule has 0 radical (unpaired) electrons. The molecular weight excluding hydrogens is 335 g/mol. The number of nitrogens with one attached hydrogen (secondary N) is 2. The van der Waals surface area contributed by atoms with E-state index in [9.17, 15) is 4.79 Å². The molecule has 23 heavy (non-hydrogen) atoms. The van der Waals surface area contributed by atoms with Crippen molar-refractivity contribution in [3.63, 3.8) is 0 Å². The number of aryl methyl sites for hydroxylation is 1. The van der Waals surface area contributed by atoms with Gasteiger partial charge in [-0.05, 0) is 49.2 Å². The molecule has 0 aliphatic rings. The number of benzene rings is 2. The average Bonchev–Trinajstić information content (AvgIpc) is 2.47. The van der Waals surface area contributed by atoms with E-state index in [0.717, 1.165) is 11.1 Å². The summed E-state index contributed by atoms with van der Waals surface area (Å²) in [6.07, 6.45) is 0. The third-order valence-corrected chi connectivity index (χ3v) is 3.94. The number of amides is 2. The van der Waals surface area contributed by atoms with Gasteiger partial charge in [-0.2, -0.15) is 0 Å². The van der Waals surface area contributed by atoms with E-state index in [1.165, 1.54) is 0 Å². The van der Waals surface area contributed by atoms with Crippen LogP contribution in [0.2, 0.25) is 10.0 Å². The minimum absolute atomic E-state index is 0.268. The molecule has 2 aromatic rings. The Morgan fingerprint density at radius 2 is 1.91 bits per heavy atom. The summed E-state index contributed by atoms with van der Waals surface area (Å²) in [5, 5.41) is 6.70. The van der Waals surface area contributed by atoms with E-state index in [-0.39, 0.29) is 12.1 Å². The van der Waals surface area contributed by atoms with Crippen molar-refractivity contribution < 1.29 is 9.53 Å². The fourth-order valence-corrected chi connectivity index (χ4v) is 2.78. The summed E-state index contributed by atoms with van der Waals surface area (Å²) >= 11 is 12.0. The molecule has 1 atom stereocenters. The molecule has 2 aromatic carbocycles. The molecule has 0 fully saturated rings. The van der Waals surface area contributed by atoms with Crippen molar-refractivity contribution >= 4 is 34.9 Å². The van der Waals surface area contributed by atoms with Crippen molar-refractivity contribution in [1.82, 2.24) is 5.32 Å². The Morgan fingerprint density at radius 1 is 1.17 bits per heavy atom. The van der Waals surface area contributed by atoms with Crippen LogP contribution < -0.4 is 15.4 Å². The van der Waals surface area contributed by atoms with Crippen molar-refractivity contribution in [2.75, 3.05) is 12.4 Å². The summed E-state index contributed by atoms with van der Waals surface area (Å²) in [7, 11) is 1.56. The summed E-state index contributed by atoms with van der Waals surface area (Å²) in [5.74, 6) is 0.600. The topological polar surface area (TPSA) is 50.4 Å². The fraction of sp³-hybridized carbons (Fsp3) is 0.235. The van der Waals surface area contributed by atoms with Crippen LogP contribution in [-0.4, -0.2) is 13.1 Å². The van der Waals surface area contributed by atoms with Crippen LogP contribution in [0.3, 0.4) is 0 Å². The lowest BCUT2D eigenvalue weighted by Crippen LogP contribution is -2.31. The van der Waals surface area contributed by atoms with E-state index >= 15 is 0 Å². The van der Waals surface area contributed by atoms with Crippen molar-refractivity contribution in [3.8, 4) is 5.75 Å². The highest BCUT2D eigenvalue weighted by atomic mass is 35.5. The van der Waals surface area contributed by atoms with Gasteiger partial charge >= 0.3 is 6.03 Å². The van der Waals surface area contributed by atoms with E-state index in [2.05, 4.69) is 10.6 Å². The zero-order valence-corrected chi connectivity index (χ0v) is 14.6. The molecule has 0 aliphatic carbocycles. The lowest BCUT2D eigenvalue weighted by atomic mass is 10.1. The van der Waals surface area contributed by atoms with E-state index in [1.54, 1.807) is 25.3 Å². The summed E-state index contributed by atoms with van der Waals surface area (Å²) < 4.78 is 5.24. The molecule has 0 heterocycles. The zero-order chi connectivity index (χ0) is 17.0. The van der Waals surface area contributed by atoms with Crippen LogP contribution in [0, 0.1) is 6.92 Å². The number of rotatable bonds is 4. The quantitative estimate of drug-likeness (QED) is 0.794. The molecule has 0 saturated carbocycles. The van der Waals surface area contributed by atoms with Crippen molar-refractivity contribution in [2.24, 2.45) is 0 Å². The maximum atomic E-state index is 12.2. The van der Waals surface area contributed by atoms with E-state index < -0.39 is 0 Å². The first-order valence-electron chi connectivity index (χ1n) is 7.08. The second-order valence-corrected chi connectivity index (χ2v) is 6.03. The Hall–Kier alpha value is -1.91. The number of halogens is 2. The molecule has 0 saturated heterocycles. The van der Waals surface area contributed by atoms with Gasteiger partial charge in [0.25, 0.3) is 0 Å². The van der Waals surface area contributed by atoms with Gasteiger partial charge in [-0.15, -0.1) is 0 Å². The third-order valence-electron chi connectivity index (χ3n) is 3.38. The minimum atomic E-state index is -0.340. The van der Waals surface area contributed by atoms with Gasteiger partial charge < -0.3 is 15.4 Å². The van der Waals surface area contributed by atoms with Gasteiger partial charge in [-0.25, -0.2) is 4.79 Å². The van der Waals surface area contributed by atoms with Gasteiger partial charge in [0.2, 0.25) is 0 Å². The summed E-state index contributed by atoms with van der Waals surface area (Å²) in [6.45, 7) is 3.79. The first kappa shape index (κ1) is 17.4. The van der Waals surface area contributed by atoms with Crippen LogP contribution in [0.4, 0.5) is 10.5 Å². The van der Waals surface area contributed by atoms with Gasteiger partial charge in [-0.1, -0.05) is 35.3 Å². The number of hydrogen-bond donors (Lipinski definition) is 2. The Morgan fingerprint density at radius 3 is 2.57 bits per heavy atom. The molecule has 2 amide bonds. The van der Waals surface area contributed by atoms with Gasteiger partial charge in [0.1, 0.15) is 5.75 Å². The van der Waals surface area contributed by atoms with Crippen LogP contribution in [0.15, 0.2) is 36.4 Å². The predicted octanol–water partition coefficient (Wildman–Crippen LogP) is 5.19. The average molecular weight is 353 g/mol. The van der Waals surface area contributed by atoms with Crippen LogP contribution >= 0.6 is 23.2 Å². The Balaban J connectivity index is 2.09. The molecule has 0 spiro atoms. The van der Waals surface area contributed by atoms with Gasteiger partial charge in [0, 0.05) is 10.0 Å². The monoisotopic (exact) mass is 352 g/mol. The van der Waals surface area contributed by atoms with Crippen LogP contribution in [-0.2, 0) is 0 Å². The molecule has 0 aliphatic heterocycles. The number of methoxy groups -OCH3 is 1. The second-order valence-electron chi connectivity index (χ2n) is 5.19. The highest BCUT2D eigenvalue weighted by Gasteiger charge is 2.14. The van der Waals surface area contributed by atoms with Crippen LogP contribution in [0.5, 0.6) is 5.75 Å². The standard InChI is InChI=1S/C17H18Cl2N2O2/c1-10-4-7-16(23-3)15(8-10)21-17(22)20-11(2)13-6-5-12(18)9-14(13)19/h4-9,11H,1-3H3,(H2,20,21,22). The molecule has 6 heteroatoms.